The first-order chi connectivity index (χ1) is 15.2. The standard InChI is InChI=1S/C21H21FN6O4/c1-13-24-16(11-23)18(32-13)27-9-7-26(8-10-27)17(29)12-28-19(30)21(2,25-20(28)31)14-3-5-15(22)6-4-14/h3-6H,7-10,12H2,1-2H3,(H,25,31). The molecule has 1 unspecified atom stereocenters. The van der Waals surface area contributed by atoms with Gasteiger partial charge in [0.2, 0.25) is 17.5 Å². The SMILES string of the molecule is Cc1nc(C#N)c(N2CCN(C(=O)CN3C(=O)NC(C)(c4ccc(F)cc4)C3=O)CC2)o1. The van der Waals surface area contributed by atoms with E-state index in [1.807, 2.05) is 11.0 Å². The van der Waals surface area contributed by atoms with E-state index in [0.717, 1.165) is 4.90 Å². The number of nitriles is 1. The Labute approximate surface area is 183 Å². The lowest BCUT2D eigenvalue weighted by Crippen LogP contribution is -2.52. The van der Waals surface area contributed by atoms with Crippen LogP contribution in [-0.2, 0) is 15.1 Å². The number of benzene rings is 1. The van der Waals surface area contributed by atoms with E-state index in [1.54, 1.807) is 11.8 Å². The van der Waals surface area contributed by atoms with Crippen molar-refractivity contribution in [2.24, 2.45) is 0 Å². The summed E-state index contributed by atoms with van der Waals surface area (Å²) in [7, 11) is 0. The monoisotopic (exact) mass is 440 g/mol. The minimum absolute atomic E-state index is 0.196. The summed E-state index contributed by atoms with van der Waals surface area (Å²) in [6, 6.07) is 6.59. The van der Waals surface area contributed by atoms with E-state index < -0.39 is 29.8 Å². The van der Waals surface area contributed by atoms with Gasteiger partial charge < -0.3 is 19.5 Å². The van der Waals surface area contributed by atoms with Crippen LogP contribution in [0, 0.1) is 24.1 Å². The highest BCUT2D eigenvalue weighted by Crippen LogP contribution is 2.29. The van der Waals surface area contributed by atoms with Crippen molar-refractivity contribution < 1.29 is 23.2 Å². The highest BCUT2D eigenvalue weighted by atomic mass is 19.1. The van der Waals surface area contributed by atoms with Crippen LogP contribution in [0.5, 0.6) is 0 Å². The zero-order valence-corrected chi connectivity index (χ0v) is 17.6. The van der Waals surface area contributed by atoms with E-state index in [9.17, 15) is 24.0 Å². The van der Waals surface area contributed by atoms with Gasteiger partial charge in [-0.1, -0.05) is 12.1 Å². The zero-order valence-electron chi connectivity index (χ0n) is 17.6. The van der Waals surface area contributed by atoms with E-state index >= 15 is 0 Å². The van der Waals surface area contributed by atoms with Crippen molar-refractivity contribution in [2.75, 3.05) is 37.6 Å². The van der Waals surface area contributed by atoms with Gasteiger partial charge in [0.25, 0.3) is 5.91 Å². The predicted octanol–water partition coefficient (Wildman–Crippen LogP) is 1.11. The van der Waals surface area contributed by atoms with Crippen molar-refractivity contribution in [3.05, 3.63) is 47.2 Å². The second-order valence-electron chi connectivity index (χ2n) is 7.82. The topological polar surface area (TPSA) is 123 Å². The summed E-state index contributed by atoms with van der Waals surface area (Å²) in [5.74, 6) is -0.635. The van der Waals surface area contributed by atoms with Crippen LogP contribution in [0.25, 0.3) is 0 Å². The molecule has 4 rings (SSSR count). The van der Waals surface area contributed by atoms with Crippen LogP contribution < -0.4 is 10.2 Å². The maximum absolute atomic E-state index is 13.2. The molecule has 4 amide bonds. The molecule has 2 aliphatic heterocycles. The number of carbonyl (C=O) groups is 3. The maximum atomic E-state index is 13.2. The molecular weight excluding hydrogens is 419 g/mol. The number of urea groups is 1. The quantitative estimate of drug-likeness (QED) is 0.707. The van der Waals surface area contributed by atoms with Gasteiger partial charge in [-0.15, -0.1) is 0 Å². The van der Waals surface area contributed by atoms with Gasteiger partial charge in [-0.05, 0) is 24.6 Å². The summed E-state index contributed by atoms with van der Waals surface area (Å²) in [4.78, 5) is 46.5. The van der Waals surface area contributed by atoms with Gasteiger partial charge in [-0.25, -0.2) is 14.2 Å². The lowest BCUT2D eigenvalue weighted by atomic mass is 9.92. The van der Waals surface area contributed by atoms with Crippen LogP contribution >= 0.6 is 0 Å². The van der Waals surface area contributed by atoms with Gasteiger partial charge in [0, 0.05) is 33.1 Å². The molecule has 2 aromatic rings. The summed E-state index contributed by atoms with van der Waals surface area (Å²) < 4.78 is 18.8. The van der Waals surface area contributed by atoms with Gasteiger partial charge in [-0.2, -0.15) is 5.26 Å². The number of nitrogens with one attached hydrogen (secondary N) is 1. The second-order valence-corrected chi connectivity index (χ2v) is 7.82. The fraction of sp³-hybridized carbons (Fsp3) is 0.381. The summed E-state index contributed by atoms with van der Waals surface area (Å²) >= 11 is 0. The number of halogens is 1. The van der Waals surface area contributed by atoms with E-state index in [0.29, 0.717) is 43.5 Å². The number of nitrogens with zero attached hydrogens (tertiary/aromatic N) is 5. The molecule has 2 fully saturated rings. The maximum Gasteiger partial charge on any atom is 0.325 e. The first kappa shape index (κ1) is 21.3. The Balaban J connectivity index is 1.40. The third kappa shape index (κ3) is 3.64. The molecule has 1 aromatic heterocycles. The Bertz CT molecular complexity index is 1120. The molecule has 32 heavy (non-hydrogen) atoms. The molecule has 0 aliphatic carbocycles. The molecule has 2 saturated heterocycles. The third-order valence-corrected chi connectivity index (χ3v) is 5.73. The number of carbonyl (C=O) groups excluding carboxylic acids is 3. The van der Waals surface area contributed by atoms with Crippen molar-refractivity contribution in [1.29, 1.82) is 5.26 Å². The second kappa shape index (κ2) is 7.96. The highest BCUT2D eigenvalue weighted by Gasteiger charge is 2.49. The molecule has 2 aliphatic rings. The van der Waals surface area contributed by atoms with Crippen LogP contribution in [-0.4, -0.2) is 65.4 Å². The number of aromatic nitrogens is 1. The molecule has 0 radical (unpaired) electrons. The predicted molar refractivity (Wildman–Crippen MR) is 109 cm³/mol. The molecule has 1 aromatic carbocycles. The number of imide groups is 1. The number of hydrogen-bond acceptors (Lipinski definition) is 7. The molecule has 1 atom stereocenters. The zero-order chi connectivity index (χ0) is 23.0. The minimum atomic E-state index is -1.37. The van der Waals surface area contributed by atoms with Gasteiger partial charge >= 0.3 is 6.03 Å². The smallest absolute Gasteiger partial charge is 0.325 e. The summed E-state index contributed by atoms with van der Waals surface area (Å²) in [5, 5.41) is 11.8. The summed E-state index contributed by atoms with van der Waals surface area (Å²) in [5.41, 5.74) is -0.750. The average molecular weight is 440 g/mol. The van der Waals surface area contributed by atoms with Crippen molar-refractivity contribution in [3.63, 3.8) is 0 Å². The van der Waals surface area contributed by atoms with Crippen molar-refractivity contribution >= 4 is 23.7 Å². The van der Waals surface area contributed by atoms with Gasteiger partial charge in [-0.3, -0.25) is 14.5 Å². The Morgan fingerprint density at radius 1 is 1.25 bits per heavy atom. The number of anilines is 1. The lowest BCUT2D eigenvalue weighted by molar-refractivity contribution is -0.139. The van der Waals surface area contributed by atoms with Crippen LogP contribution in [0.1, 0.15) is 24.1 Å². The fourth-order valence-electron chi connectivity index (χ4n) is 3.92. The number of rotatable bonds is 4. The fourth-order valence-corrected chi connectivity index (χ4v) is 3.92. The Morgan fingerprint density at radius 2 is 1.91 bits per heavy atom. The van der Waals surface area contributed by atoms with Crippen LogP contribution in [0.2, 0.25) is 0 Å². The lowest BCUT2D eigenvalue weighted by Gasteiger charge is -2.35. The Kier molecular flexibility index (Phi) is 5.30. The van der Waals surface area contributed by atoms with Crippen molar-refractivity contribution in [2.45, 2.75) is 19.4 Å². The molecule has 0 bridgehead atoms. The largest absolute Gasteiger partial charge is 0.424 e. The highest BCUT2D eigenvalue weighted by molar-refractivity contribution is 6.09. The first-order valence-corrected chi connectivity index (χ1v) is 10.0. The molecule has 0 saturated carbocycles. The van der Waals surface area contributed by atoms with E-state index in [1.165, 1.54) is 31.2 Å². The van der Waals surface area contributed by atoms with Gasteiger partial charge in [0.05, 0.1) is 0 Å². The summed E-state index contributed by atoms with van der Waals surface area (Å²) in [6.45, 7) is 4.29. The molecule has 11 heteroatoms. The number of piperazine rings is 1. The molecule has 3 heterocycles. The van der Waals surface area contributed by atoms with E-state index in [4.69, 9.17) is 4.42 Å². The molecule has 10 nitrogen and oxygen atoms in total. The minimum Gasteiger partial charge on any atom is -0.424 e. The molecule has 1 N–H and O–H groups in total. The van der Waals surface area contributed by atoms with E-state index in [-0.39, 0.29) is 11.6 Å². The normalized spacial score (nSPS) is 21.0. The molecular formula is C21H21FN6O4. The van der Waals surface area contributed by atoms with Crippen LogP contribution in [0.15, 0.2) is 28.7 Å². The van der Waals surface area contributed by atoms with Gasteiger partial charge in [0.15, 0.2) is 5.89 Å². The number of oxazole rings is 1. The molecule has 166 valence electrons. The average Bonchev–Trinajstić information content (AvgIpc) is 3.27. The third-order valence-electron chi connectivity index (χ3n) is 5.73. The number of hydrogen-bond donors (Lipinski definition) is 1. The van der Waals surface area contributed by atoms with Gasteiger partial charge in [0.1, 0.15) is 24.0 Å². The Morgan fingerprint density at radius 3 is 2.53 bits per heavy atom. The van der Waals surface area contributed by atoms with Crippen LogP contribution in [0.4, 0.5) is 15.1 Å². The molecule has 0 spiro atoms. The van der Waals surface area contributed by atoms with E-state index in [2.05, 4.69) is 10.3 Å². The van der Waals surface area contributed by atoms with Crippen molar-refractivity contribution in [3.8, 4) is 6.07 Å². The number of aryl methyl sites for hydroxylation is 1. The first-order valence-electron chi connectivity index (χ1n) is 10.0. The van der Waals surface area contributed by atoms with Crippen LogP contribution in [0.3, 0.4) is 0 Å². The summed E-state index contributed by atoms with van der Waals surface area (Å²) in [6.07, 6.45) is 0. The van der Waals surface area contributed by atoms with Crippen molar-refractivity contribution in [1.82, 2.24) is 20.1 Å². The number of amides is 4. The Hall–Kier alpha value is -3.94.